The molecule has 1 saturated carbocycles. The second kappa shape index (κ2) is 8.84. The predicted octanol–water partition coefficient (Wildman–Crippen LogP) is 1.10. The van der Waals surface area contributed by atoms with Gasteiger partial charge < -0.3 is 20.0 Å². The fraction of sp³-hybridized carbons (Fsp3) is 0.591. The molecule has 1 aliphatic carbocycles. The summed E-state index contributed by atoms with van der Waals surface area (Å²) in [6.45, 7) is 4.20. The van der Waals surface area contributed by atoms with Crippen molar-refractivity contribution in [1.82, 2.24) is 15.1 Å². The van der Waals surface area contributed by atoms with Gasteiger partial charge in [-0.15, -0.1) is 0 Å². The molecule has 1 N–H and O–H groups in total. The molecule has 3 amide bonds. The number of likely N-dealkylation sites (tertiary alicyclic amines) is 1. The number of hydrogen-bond acceptors (Lipinski definition) is 4. The Bertz CT molecular complexity index is 742. The van der Waals surface area contributed by atoms with Crippen molar-refractivity contribution in [3.63, 3.8) is 0 Å². The zero-order chi connectivity index (χ0) is 20.2. The van der Waals surface area contributed by atoms with Gasteiger partial charge in [-0.25, -0.2) is 0 Å². The molecule has 4 rings (SSSR count). The number of nitrogens with one attached hydrogen (secondary N) is 1. The minimum absolute atomic E-state index is 0.0345. The Hall–Kier alpha value is -2.57. The summed E-state index contributed by atoms with van der Waals surface area (Å²) in [7, 11) is 0. The zero-order valence-electron chi connectivity index (χ0n) is 16.9. The van der Waals surface area contributed by atoms with Gasteiger partial charge in [-0.05, 0) is 37.8 Å². The van der Waals surface area contributed by atoms with Crippen LogP contribution >= 0.6 is 0 Å². The first-order valence-corrected chi connectivity index (χ1v) is 10.8. The molecule has 2 aliphatic heterocycles. The first kappa shape index (κ1) is 19.7. The van der Waals surface area contributed by atoms with Gasteiger partial charge in [0.2, 0.25) is 17.7 Å². The van der Waals surface area contributed by atoms with Crippen LogP contribution in [0.25, 0.3) is 0 Å². The Morgan fingerprint density at radius 3 is 2.28 bits per heavy atom. The molecule has 1 aromatic rings. The number of anilines is 1. The summed E-state index contributed by atoms with van der Waals surface area (Å²) in [6, 6.07) is 10.2. The Labute approximate surface area is 172 Å². The van der Waals surface area contributed by atoms with E-state index in [1.54, 1.807) is 0 Å². The molecule has 7 nitrogen and oxygen atoms in total. The zero-order valence-corrected chi connectivity index (χ0v) is 16.9. The van der Waals surface area contributed by atoms with Crippen molar-refractivity contribution in [2.75, 3.05) is 50.7 Å². The van der Waals surface area contributed by atoms with Crippen molar-refractivity contribution in [1.29, 1.82) is 0 Å². The maximum atomic E-state index is 12.5. The van der Waals surface area contributed by atoms with E-state index in [0.717, 1.165) is 45.3 Å². The Kier molecular flexibility index (Phi) is 6.02. The van der Waals surface area contributed by atoms with E-state index in [1.165, 1.54) is 5.69 Å². The summed E-state index contributed by atoms with van der Waals surface area (Å²) in [5, 5.41) is 2.81. The maximum Gasteiger partial charge on any atom is 0.242 e. The lowest BCUT2D eigenvalue weighted by Crippen LogP contribution is -2.52. The number of nitrogens with zero attached hydrogens (tertiary/aromatic N) is 3. The van der Waals surface area contributed by atoms with E-state index in [9.17, 15) is 14.4 Å². The van der Waals surface area contributed by atoms with Gasteiger partial charge in [0.15, 0.2) is 0 Å². The fourth-order valence-electron chi connectivity index (χ4n) is 4.25. The Morgan fingerprint density at radius 1 is 0.862 bits per heavy atom. The monoisotopic (exact) mass is 398 g/mol. The molecule has 2 saturated heterocycles. The van der Waals surface area contributed by atoms with Crippen LogP contribution in [0.4, 0.5) is 5.69 Å². The molecule has 29 heavy (non-hydrogen) atoms. The third kappa shape index (κ3) is 4.89. The summed E-state index contributed by atoms with van der Waals surface area (Å²) < 4.78 is 0. The third-order valence-electron chi connectivity index (χ3n) is 6.20. The van der Waals surface area contributed by atoms with E-state index in [-0.39, 0.29) is 36.1 Å². The number of benzene rings is 1. The predicted molar refractivity (Wildman–Crippen MR) is 110 cm³/mol. The lowest BCUT2D eigenvalue weighted by molar-refractivity contribution is -0.138. The summed E-state index contributed by atoms with van der Waals surface area (Å²) >= 11 is 0. The highest BCUT2D eigenvalue weighted by Crippen LogP contribution is 2.32. The fourth-order valence-corrected chi connectivity index (χ4v) is 4.25. The summed E-state index contributed by atoms with van der Waals surface area (Å²) in [5.74, 6) is 0.0549. The number of amides is 3. The largest absolute Gasteiger partial charge is 0.368 e. The smallest absolute Gasteiger partial charge is 0.242 e. The van der Waals surface area contributed by atoms with Crippen molar-refractivity contribution in [3.8, 4) is 0 Å². The Balaban J connectivity index is 1.20. The number of hydrogen-bond donors (Lipinski definition) is 1. The molecule has 3 aliphatic rings. The summed E-state index contributed by atoms with van der Waals surface area (Å²) in [5.41, 5.74) is 1.18. The van der Waals surface area contributed by atoms with Crippen molar-refractivity contribution in [2.45, 2.75) is 25.7 Å². The van der Waals surface area contributed by atoms with Gasteiger partial charge in [-0.2, -0.15) is 0 Å². The number of para-hydroxylation sites is 1. The average molecular weight is 399 g/mol. The normalized spacial score (nSPS) is 22.3. The second-order valence-electron chi connectivity index (χ2n) is 8.32. The standard InChI is InChI=1S/C22H30N4O3/c27-20(25-13-11-24(12-14-25)19-6-2-1-3-7-19)15-23-21(28)18-5-4-10-26(16-18)22(29)17-8-9-17/h1-3,6-7,17-18H,4-5,8-16H2,(H,23,28). The van der Waals surface area contributed by atoms with E-state index in [1.807, 2.05) is 28.0 Å². The lowest BCUT2D eigenvalue weighted by Gasteiger charge is -2.36. The highest BCUT2D eigenvalue weighted by atomic mass is 16.2. The van der Waals surface area contributed by atoms with Gasteiger partial charge in [-0.3, -0.25) is 14.4 Å². The van der Waals surface area contributed by atoms with E-state index < -0.39 is 0 Å². The van der Waals surface area contributed by atoms with Crippen LogP contribution < -0.4 is 10.2 Å². The Morgan fingerprint density at radius 2 is 1.59 bits per heavy atom. The molecule has 0 radical (unpaired) electrons. The van der Waals surface area contributed by atoms with E-state index in [0.29, 0.717) is 19.6 Å². The molecule has 3 fully saturated rings. The minimum atomic E-state index is -0.200. The molecule has 1 unspecified atom stereocenters. The molecule has 7 heteroatoms. The quantitative estimate of drug-likeness (QED) is 0.806. The van der Waals surface area contributed by atoms with Crippen molar-refractivity contribution >= 4 is 23.4 Å². The molecule has 2 heterocycles. The van der Waals surface area contributed by atoms with Crippen LogP contribution in [0.5, 0.6) is 0 Å². The van der Waals surface area contributed by atoms with Crippen LogP contribution in [0.3, 0.4) is 0 Å². The topological polar surface area (TPSA) is 73.0 Å². The van der Waals surface area contributed by atoms with Crippen LogP contribution in [0, 0.1) is 11.8 Å². The van der Waals surface area contributed by atoms with Crippen LogP contribution in [0.2, 0.25) is 0 Å². The second-order valence-corrected chi connectivity index (χ2v) is 8.32. The molecular formula is C22H30N4O3. The molecule has 0 spiro atoms. The summed E-state index contributed by atoms with van der Waals surface area (Å²) in [4.78, 5) is 43.3. The SMILES string of the molecule is O=C(NCC(=O)N1CCN(c2ccccc2)CC1)C1CCCN(C(=O)C2CC2)C1. The highest BCUT2D eigenvalue weighted by Gasteiger charge is 2.36. The summed E-state index contributed by atoms with van der Waals surface area (Å²) in [6.07, 6.45) is 3.60. The van der Waals surface area contributed by atoms with Crippen LogP contribution in [-0.4, -0.2) is 73.3 Å². The van der Waals surface area contributed by atoms with Crippen molar-refractivity contribution < 1.29 is 14.4 Å². The van der Waals surface area contributed by atoms with Crippen LogP contribution in [-0.2, 0) is 14.4 Å². The first-order valence-electron chi connectivity index (χ1n) is 10.8. The number of carbonyl (C=O) groups is 3. The number of carbonyl (C=O) groups excluding carboxylic acids is 3. The number of piperazine rings is 1. The average Bonchev–Trinajstić information content (AvgIpc) is 3.63. The van der Waals surface area contributed by atoms with Gasteiger partial charge in [0.1, 0.15) is 0 Å². The third-order valence-corrected chi connectivity index (χ3v) is 6.20. The van der Waals surface area contributed by atoms with Gasteiger partial charge in [0, 0.05) is 50.9 Å². The first-order chi connectivity index (χ1) is 14.1. The van der Waals surface area contributed by atoms with E-state index in [2.05, 4.69) is 22.3 Å². The van der Waals surface area contributed by atoms with Crippen LogP contribution in [0.15, 0.2) is 30.3 Å². The molecule has 1 atom stereocenters. The van der Waals surface area contributed by atoms with Gasteiger partial charge in [-0.1, -0.05) is 18.2 Å². The van der Waals surface area contributed by atoms with Gasteiger partial charge in [0.25, 0.3) is 0 Å². The molecular weight excluding hydrogens is 368 g/mol. The van der Waals surface area contributed by atoms with Crippen molar-refractivity contribution in [2.24, 2.45) is 11.8 Å². The molecule has 0 aromatic heterocycles. The maximum absolute atomic E-state index is 12.5. The van der Waals surface area contributed by atoms with Gasteiger partial charge >= 0.3 is 0 Å². The lowest BCUT2D eigenvalue weighted by atomic mass is 9.96. The molecule has 1 aromatic carbocycles. The minimum Gasteiger partial charge on any atom is -0.368 e. The van der Waals surface area contributed by atoms with Gasteiger partial charge in [0.05, 0.1) is 12.5 Å². The highest BCUT2D eigenvalue weighted by molar-refractivity contribution is 5.87. The van der Waals surface area contributed by atoms with E-state index in [4.69, 9.17) is 0 Å². The molecule has 0 bridgehead atoms. The molecule has 156 valence electrons. The van der Waals surface area contributed by atoms with Crippen LogP contribution in [0.1, 0.15) is 25.7 Å². The number of piperidine rings is 1. The van der Waals surface area contributed by atoms with E-state index >= 15 is 0 Å². The number of rotatable bonds is 5. The van der Waals surface area contributed by atoms with Crippen molar-refractivity contribution in [3.05, 3.63) is 30.3 Å².